The molecule has 1 rings (SSSR count). The highest BCUT2D eigenvalue weighted by Crippen LogP contribution is 2.34. The summed E-state index contributed by atoms with van der Waals surface area (Å²) in [7, 11) is 0. The molecule has 0 radical (unpaired) electrons. The molecule has 0 spiro atoms. The molecule has 0 heterocycles. The fourth-order valence-corrected chi connectivity index (χ4v) is 2.47. The Morgan fingerprint density at radius 3 is 2.40 bits per heavy atom. The molecule has 0 saturated heterocycles. The van der Waals surface area contributed by atoms with E-state index >= 15 is 0 Å². The van der Waals surface area contributed by atoms with Gasteiger partial charge in [-0.15, -0.1) is 0 Å². The summed E-state index contributed by atoms with van der Waals surface area (Å²) in [6.45, 7) is 5.89. The summed E-state index contributed by atoms with van der Waals surface area (Å²) in [6, 6.07) is 0. The molecule has 0 bridgehead atoms. The summed E-state index contributed by atoms with van der Waals surface area (Å²) < 4.78 is 0. The topological polar surface area (TPSA) is 37.3 Å². The normalized spacial score (nSPS) is 26.2. The Morgan fingerprint density at radius 1 is 1.33 bits per heavy atom. The van der Waals surface area contributed by atoms with Crippen molar-refractivity contribution >= 4 is 5.97 Å². The van der Waals surface area contributed by atoms with Crippen molar-refractivity contribution in [2.45, 2.75) is 51.9 Å². The number of carboxylic acid groups (broad SMARTS) is 1. The van der Waals surface area contributed by atoms with E-state index in [0.717, 1.165) is 18.8 Å². The molecule has 1 aliphatic carbocycles. The first kappa shape index (κ1) is 12.3. The van der Waals surface area contributed by atoms with Crippen molar-refractivity contribution in [1.29, 1.82) is 0 Å². The molecule has 0 unspecified atom stereocenters. The molecule has 15 heavy (non-hydrogen) atoms. The van der Waals surface area contributed by atoms with Gasteiger partial charge < -0.3 is 5.11 Å². The molecule has 1 saturated carbocycles. The van der Waals surface area contributed by atoms with Gasteiger partial charge in [0.25, 0.3) is 0 Å². The smallest absolute Gasteiger partial charge is 0.331 e. The minimum absolute atomic E-state index is 0.236. The highest BCUT2D eigenvalue weighted by atomic mass is 16.4. The Balaban J connectivity index is 2.29. The van der Waals surface area contributed by atoms with Gasteiger partial charge in [-0.2, -0.15) is 0 Å². The molecule has 1 fully saturated rings. The predicted molar refractivity (Wildman–Crippen MR) is 61.7 cm³/mol. The van der Waals surface area contributed by atoms with E-state index in [1.165, 1.54) is 32.1 Å². The lowest BCUT2D eigenvalue weighted by Gasteiger charge is -2.28. The van der Waals surface area contributed by atoms with E-state index < -0.39 is 5.97 Å². The van der Waals surface area contributed by atoms with Gasteiger partial charge in [0.05, 0.1) is 0 Å². The van der Waals surface area contributed by atoms with E-state index in [2.05, 4.69) is 13.5 Å². The molecule has 0 aromatic heterocycles. The Labute approximate surface area is 92.4 Å². The van der Waals surface area contributed by atoms with Gasteiger partial charge >= 0.3 is 5.97 Å². The third-order valence-corrected chi connectivity index (χ3v) is 3.58. The van der Waals surface area contributed by atoms with Gasteiger partial charge in [-0.05, 0) is 37.5 Å². The van der Waals surface area contributed by atoms with Gasteiger partial charge in [0.15, 0.2) is 0 Å². The second-order valence-electron chi connectivity index (χ2n) is 4.69. The second-order valence-corrected chi connectivity index (χ2v) is 4.69. The van der Waals surface area contributed by atoms with Crippen LogP contribution in [0.25, 0.3) is 0 Å². The Hall–Kier alpha value is -0.790. The Bertz CT molecular complexity index is 225. The number of rotatable bonds is 5. The molecule has 0 amide bonds. The average molecular weight is 210 g/mol. The van der Waals surface area contributed by atoms with Crippen molar-refractivity contribution in [3.8, 4) is 0 Å². The number of carboxylic acids is 1. The summed E-state index contributed by atoms with van der Waals surface area (Å²) in [5, 5.41) is 8.84. The number of hydrogen-bond acceptors (Lipinski definition) is 1. The van der Waals surface area contributed by atoms with Crippen LogP contribution in [0.1, 0.15) is 51.9 Å². The van der Waals surface area contributed by atoms with Crippen LogP contribution in [0, 0.1) is 11.8 Å². The molecule has 2 heteroatoms. The van der Waals surface area contributed by atoms with E-state index in [4.69, 9.17) is 5.11 Å². The van der Waals surface area contributed by atoms with Crippen molar-refractivity contribution in [2.24, 2.45) is 11.8 Å². The lowest BCUT2D eigenvalue weighted by atomic mass is 9.77. The van der Waals surface area contributed by atoms with Gasteiger partial charge in [-0.1, -0.05) is 32.8 Å². The molecule has 0 aromatic carbocycles. The second kappa shape index (κ2) is 5.94. The first-order chi connectivity index (χ1) is 7.15. The van der Waals surface area contributed by atoms with Crippen LogP contribution in [0.4, 0.5) is 0 Å². The van der Waals surface area contributed by atoms with Crippen LogP contribution in [0.5, 0.6) is 0 Å². The fourth-order valence-electron chi connectivity index (χ4n) is 2.47. The Morgan fingerprint density at radius 2 is 1.93 bits per heavy atom. The molecule has 1 aliphatic rings. The maximum absolute atomic E-state index is 10.8. The summed E-state index contributed by atoms with van der Waals surface area (Å²) in [5.74, 6) is 0.259. The van der Waals surface area contributed by atoms with Crippen molar-refractivity contribution < 1.29 is 9.90 Å². The van der Waals surface area contributed by atoms with Crippen LogP contribution in [-0.4, -0.2) is 11.1 Å². The fraction of sp³-hybridized carbons (Fsp3) is 0.769. The monoisotopic (exact) mass is 210 g/mol. The molecular weight excluding hydrogens is 188 g/mol. The van der Waals surface area contributed by atoms with Crippen molar-refractivity contribution in [3.05, 3.63) is 12.2 Å². The van der Waals surface area contributed by atoms with Gasteiger partial charge in [0.1, 0.15) is 0 Å². The molecule has 2 nitrogen and oxygen atoms in total. The minimum Gasteiger partial charge on any atom is -0.478 e. The van der Waals surface area contributed by atoms with Crippen molar-refractivity contribution in [1.82, 2.24) is 0 Å². The number of aliphatic carboxylic acids is 1. The highest BCUT2D eigenvalue weighted by Gasteiger charge is 2.25. The lowest BCUT2D eigenvalue weighted by molar-refractivity contribution is -0.133. The summed E-state index contributed by atoms with van der Waals surface area (Å²) >= 11 is 0. The first-order valence-corrected chi connectivity index (χ1v) is 6.07. The third kappa shape index (κ3) is 3.69. The first-order valence-electron chi connectivity index (χ1n) is 6.07. The molecule has 0 aromatic rings. The van der Waals surface area contributed by atoms with Crippen LogP contribution in [-0.2, 0) is 4.79 Å². The quantitative estimate of drug-likeness (QED) is 0.704. The van der Waals surface area contributed by atoms with E-state index in [1.807, 2.05) is 0 Å². The van der Waals surface area contributed by atoms with Gasteiger partial charge in [0, 0.05) is 5.57 Å². The van der Waals surface area contributed by atoms with E-state index in [1.54, 1.807) is 0 Å². The molecule has 0 atom stereocenters. The number of hydrogen-bond donors (Lipinski definition) is 1. The van der Waals surface area contributed by atoms with Crippen LogP contribution in [0.15, 0.2) is 12.2 Å². The molecular formula is C13H22O2. The predicted octanol–water partition coefficient (Wildman–Crippen LogP) is 3.62. The summed E-state index contributed by atoms with van der Waals surface area (Å²) in [4.78, 5) is 10.8. The minimum atomic E-state index is -0.813. The number of unbranched alkanes of at least 4 members (excludes halogenated alkanes) is 1. The maximum atomic E-state index is 10.8. The third-order valence-electron chi connectivity index (χ3n) is 3.58. The number of carbonyl (C=O) groups is 1. The molecule has 1 N–H and O–H groups in total. The standard InChI is InChI=1S/C13H22O2/c1-3-4-5-11-6-8-12(9-7-11)10(2)13(14)15/h11-12H,2-9H2,1H3,(H,14,15). The van der Waals surface area contributed by atoms with Crippen LogP contribution < -0.4 is 0 Å². The summed E-state index contributed by atoms with van der Waals surface area (Å²) in [5.41, 5.74) is 0.420. The van der Waals surface area contributed by atoms with E-state index in [9.17, 15) is 4.79 Å². The van der Waals surface area contributed by atoms with Crippen molar-refractivity contribution in [3.63, 3.8) is 0 Å². The van der Waals surface area contributed by atoms with E-state index in [0.29, 0.717) is 5.57 Å². The zero-order valence-electron chi connectivity index (χ0n) is 9.67. The summed E-state index contributed by atoms with van der Waals surface area (Å²) in [6.07, 6.45) is 8.34. The van der Waals surface area contributed by atoms with Gasteiger partial charge in [0.2, 0.25) is 0 Å². The average Bonchev–Trinajstić information content (AvgIpc) is 2.26. The van der Waals surface area contributed by atoms with Crippen LogP contribution in [0.3, 0.4) is 0 Å². The largest absolute Gasteiger partial charge is 0.478 e. The SMILES string of the molecule is C=C(C(=O)O)C1CCC(CCCC)CC1. The van der Waals surface area contributed by atoms with Gasteiger partial charge in [-0.25, -0.2) is 4.79 Å². The van der Waals surface area contributed by atoms with E-state index in [-0.39, 0.29) is 5.92 Å². The van der Waals surface area contributed by atoms with Gasteiger partial charge in [-0.3, -0.25) is 0 Å². The lowest BCUT2D eigenvalue weighted by Crippen LogP contribution is -2.19. The maximum Gasteiger partial charge on any atom is 0.331 e. The highest BCUT2D eigenvalue weighted by molar-refractivity contribution is 5.86. The Kier molecular flexibility index (Phi) is 4.86. The van der Waals surface area contributed by atoms with Crippen LogP contribution >= 0.6 is 0 Å². The molecule has 86 valence electrons. The zero-order valence-corrected chi connectivity index (χ0v) is 9.67. The van der Waals surface area contributed by atoms with Crippen molar-refractivity contribution in [2.75, 3.05) is 0 Å². The molecule has 0 aliphatic heterocycles. The van der Waals surface area contributed by atoms with Crippen LogP contribution in [0.2, 0.25) is 0 Å². The zero-order chi connectivity index (χ0) is 11.3.